The van der Waals surface area contributed by atoms with Gasteiger partial charge in [-0.15, -0.1) is 0 Å². The van der Waals surface area contributed by atoms with Gasteiger partial charge in [0.2, 0.25) is 0 Å². The summed E-state index contributed by atoms with van der Waals surface area (Å²) in [5.74, 6) is 0.540. The molecule has 5 heteroatoms. The first kappa shape index (κ1) is 11.6. The summed E-state index contributed by atoms with van der Waals surface area (Å²) in [6, 6.07) is 4.11. The molecule has 1 heterocycles. The minimum absolute atomic E-state index is 0.352. The molecule has 0 saturated carbocycles. The Hall–Kier alpha value is -0.870. The largest absolute Gasteiger partial charge is 0.379 e. The first-order valence-corrected chi connectivity index (χ1v) is 6.37. The van der Waals surface area contributed by atoms with Gasteiger partial charge in [-0.1, -0.05) is 25.4 Å². The SMILES string of the molecule is CC(C)C(C)Nc1c(Cl)ccc2nsnc12. The number of benzene rings is 1. The molecule has 0 aliphatic carbocycles. The van der Waals surface area contributed by atoms with Gasteiger partial charge in [0.15, 0.2) is 0 Å². The van der Waals surface area contributed by atoms with Crippen molar-refractivity contribution in [2.45, 2.75) is 26.8 Å². The number of rotatable bonds is 3. The van der Waals surface area contributed by atoms with E-state index in [1.165, 1.54) is 11.7 Å². The number of nitrogens with zero attached hydrogens (tertiary/aromatic N) is 2. The number of hydrogen-bond acceptors (Lipinski definition) is 4. The van der Waals surface area contributed by atoms with E-state index in [1.807, 2.05) is 12.1 Å². The Bertz CT molecular complexity index is 495. The van der Waals surface area contributed by atoms with Gasteiger partial charge in [0.1, 0.15) is 11.0 Å². The lowest BCUT2D eigenvalue weighted by atomic mass is 10.1. The maximum absolute atomic E-state index is 6.18. The second-order valence-corrected chi connectivity index (χ2v) is 5.17. The molecule has 0 bridgehead atoms. The van der Waals surface area contributed by atoms with Crippen molar-refractivity contribution in [3.63, 3.8) is 0 Å². The van der Waals surface area contributed by atoms with Gasteiger partial charge in [-0.05, 0) is 25.0 Å². The highest BCUT2D eigenvalue weighted by Gasteiger charge is 2.13. The lowest BCUT2D eigenvalue weighted by Crippen LogP contribution is -2.21. The molecule has 1 unspecified atom stereocenters. The average Bonchev–Trinajstić information content (AvgIpc) is 2.70. The molecule has 1 aromatic carbocycles. The zero-order valence-electron chi connectivity index (χ0n) is 9.49. The molecule has 2 aromatic rings. The van der Waals surface area contributed by atoms with Crippen LogP contribution in [0.2, 0.25) is 5.02 Å². The molecule has 1 aromatic heterocycles. The van der Waals surface area contributed by atoms with Crippen molar-refractivity contribution in [2.75, 3.05) is 5.32 Å². The van der Waals surface area contributed by atoms with E-state index in [0.29, 0.717) is 17.0 Å². The van der Waals surface area contributed by atoms with Crippen LogP contribution in [0.5, 0.6) is 0 Å². The quantitative estimate of drug-likeness (QED) is 0.907. The highest BCUT2D eigenvalue weighted by atomic mass is 35.5. The van der Waals surface area contributed by atoms with Crippen LogP contribution in [0, 0.1) is 5.92 Å². The normalized spacial score (nSPS) is 13.3. The van der Waals surface area contributed by atoms with Gasteiger partial charge < -0.3 is 5.32 Å². The number of halogens is 1. The standard InChI is InChI=1S/C11H14ClN3S/c1-6(2)7(3)13-10-8(12)4-5-9-11(10)15-16-14-9/h4-7,13H,1-3H3. The van der Waals surface area contributed by atoms with Crippen molar-refractivity contribution in [3.05, 3.63) is 17.2 Å². The van der Waals surface area contributed by atoms with E-state index in [-0.39, 0.29) is 0 Å². The zero-order chi connectivity index (χ0) is 11.7. The molecule has 3 nitrogen and oxygen atoms in total. The van der Waals surface area contributed by atoms with Crippen LogP contribution in [-0.2, 0) is 0 Å². The fourth-order valence-corrected chi connectivity index (χ4v) is 2.11. The number of anilines is 1. The summed E-state index contributed by atoms with van der Waals surface area (Å²) in [4.78, 5) is 0. The molecule has 0 aliphatic heterocycles. The highest BCUT2D eigenvalue weighted by molar-refractivity contribution is 7.00. The fraction of sp³-hybridized carbons (Fsp3) is 0.455. The van der Waals surface area contributed by atoms with Crippen molar-refractivity contribution in [1.82, 2.24) is 8.75 Å². The van der Waals surface area contributed by atoms with E-state index < -0.39 is 0 Å². The van der Waals surface area contributed by atoms with Crippen LogP contribution in [0.1, 0.15) is 20.8 Å². The Morgan fingerprint density at radius 1 is 1.25 bits per heavy atom. The molecule has 86 valence electrons. The summed E-state index contributed by atoms with van der Waals surface area (Å²) >= 11 is 7.40. The fourth-order valence-electron chi connectivity index (χ4n) is 1.36. The third-order valence-corrected chi connectivity index (χ3v) is 3.61. The molecule has 1 N–H and O–H groups in total. The molecule has 0 aliphatic rings. The minimum Gasteiger partial charge on any atom is -0.379 e. The Balaban J connectivity index is 2.42. The topological polar surface area (TPSA) is 37.8 Å². The minimum atomic E-state index is 0.352. The van der Waals surface area contributed by atoms with Crippen molar-refractivity contribution in [1.29, 1.82) is 0 Å². The van der Waals surface area contributed by atoms with Crippen LogP contribution in [-0.4, -0.2) is 14.8 Å². The second kappa shape index (κ2) is 4.55. The lowest BCUT2D eigenvalue weighted by Gasteiger charge is -2.19. The Labute approximate surface area is 104 Å². The average molecular weight is 256 g/mol. The monoisotopic (exact) mass is 255 g/mol. The van der Waals surface area contributed by atoms with E-state index in [9.17, 15) is 0 Å². The van der Waals surface area contributed by atoms with Gasteiger partial charge in [0.25, 0.3) is 0 Å². The van der Waals surface area contributed by atoms with Gasteiger partial charge >= 0.3 is 0 Å². The van der Waals surface area contributed by atoms with Crippen LogP contribution in [0.25, 0.3) is 11.0 Å². The smallest absolute Gasteiger partial charge is 0.129 e. The van der Waals surface area contributed by atoms with Crippen LogP contribution in [0.15, 0.2) is 12.1 Å². The summed E-state index contributed by atoms with van der Waals surface area (Å²) in [5.41, 5.74) is 2.66. The first-order chi connectivity index (χ1) is 7.59. The predicted octanol–water partition coefficient (Wildman–Crippen LogP) is 3.80. The number of fused-ring (bicyclic) bond motifs is 1. The summed E-state index contributed by atoms with van der Waals surface area (Å²) in [6.07, 6.45) is 0. The molecule has 0 saturated heterocycles. The van der Waals surface area contributed by atoms with Gasteiger partial charge in [0.05, 0.1) is 22.4 Å². The summed E-state index contributed by atoms with van der Waals surface area (Å²) in [5, 5.41) is 4.11. The van der Waals surface area contributed by atoms with Crippen LogP contribution >= 0.6 is 23.3 Å². The maximum Gasteiger partial charge on any atom is 0.129 e. The van der Waals surface area contributed by atoms with Gasteiger partial charge in [-0.2, -0.15) is 8.75 Å². The first-order valence-electron chi connectivity index (χ1n) is 5.27. The molecule has 0 spiro atoms. The van der Waals surface area contributed by atoms with E-state index in [0.717, 1.165) is 16.7 Å². The van der Waals surface area contributed by atoms with Crippen molar-refractivity contribution in [2.24, 2.45) is 5.92 Å². The Morgan fingerprint density at radius 3 is 2.69 bits per heavy atom. The predicted molar refractivity (Wildman–Crippen MR) is 70.3 cm³/mol. The second-order valence-electron chi connectivity index (χ2n) is 4.23. The Kier molecular flexibility index (Phi) is 3.30. The summed E-state index contributed by atoms with van der Waals surface area (Å²) in [6.45, 7) is 6.48. The molecule has 0 amide bonds. The van der Waals surface area contributed by atoms with E-state index >= 15 is 0 Å². The van der Waals surface area contributed by atoms with Crippen LogP contribution in [0.4, 0.5) is 5.69 Å². The van der Waals surface area contributed by atoms with E-state index in [4.69, 9.17) is 11.6 Å². The molecular formula is C11H14ClN3S. The third-order valence-electron chi connectivity index (χ3n) is 2.75. The number of aromatic nitrogens is 2. The van der Waals surface area contributed by atoms with Crippen LogP contribution < -0.4 is 5.32 Å². The van der Waals surface area contributed by atoms with Crippen LogP contribution in [0.3, 0.4) is 0 Å². The van der Waals surface area contributed by atoms with Gasteiger partial charge in [-0.25, -0.2) is 0 Å². The number of nitrogens with one attached hydrogen (secondary N) is 1. The van der Waals surface area contributed by atoms with Gasteiger partial charge in [-0.3, -0.25) is 0 Å². The van der Waals surface area contributed by atoms with Crippen molar-refractivity contribution in [3.8, 4) is 0 Å². The highest BCUT2D eigenvalue weighted by Crippen LogP contribution is 2.31. The molecule has 0 radical (unpaired) electrons. The van der Waals surface area contributed by atoms with Crippen molar-refractivity contribution >= 4 is 40.0 Å². The third kappa shape index (κ3) is 2.13. The van der Waals surface area contributed by atoms with E-state index in [2.05, 4.69) is 34.8 Å². The number of hydrogen-bond donors (Lipinski definition) is 1. The molecule has 1 atom stereocenters. The molecular weight excluding hydrogens is 242 g/mol. The van der Waals surface area contributed by atoms with E-state index in [1.54, 1.807) is 0 Å². The molecule has 2 rings (SSSR count). The summed E-state index contributed by atoms with van der Waals surface area (Å²) in [7, 11) is 0. The summed E-state index contributed by atoms with van der Waals surface area (Å²) < 4.78 is 8.48. The molecule has 16 heavy (non-hydrogen) atoms. The van der Waals surface area contributed by atoms with Gasteiger partial charge in [0, 0.05) is 6.04 Å². The molecule has 0 fully saturated rings. The Morgan fingerprint density at radius 2 is 2.00 bits per heavy atom. The maximum atomic E-state index is 6.18. The van der Waals surface area contributed by atoms with Crippen molar-refractivity contribution < 1.29 is 0 Å². The lowest BCUT2D eigenvalue weighted by molar-refractivity contribution is 0.560. The zero-order valence-corrected chi connectivity index (χ0v) is 11.1.